The maximum absolute atomic E-state index is 10.7. The van der Waals surface area contributed by atoms with Crippen LogP contribution in [0.3, 0.4) is 0 Å². The summed E-state index contributed by atoms with van der Waals surface area (Å²) in [7, 11) is 0. The summed E-state index contributed by atoms with van der Waals surface area (Å²) in [4.78, 5) is 26.9. The van der Waals surface area contributed by atoms with Crippen molar-refractivity contribution in [2.75, 3.05) is 5.32 Å². The van der Waals surface area contributed by atoms with Crippen molar-refractivity contribution in [3.8, 4) is 0 Å². The third-order valence-electron chi connectivity index (χ3n) is 3.49. The van der Waals surface area contributed by atoms with E-state index in [0.717, 1.165) is 11.4 Å². The zero-order valence-electron chi connectivity index (χ0n) is 16.6. The fraction of sp³-hybridized carbons (Fsp3) is 0.526. The fourth-order valence-electron chi connectivity index (χ4n) is 1.96. The van der Waals surface area contributed by atoms with Crippen LogP contribution in [-0.2, 0) is 10.4 Å². The van der Waals surface area contributed by atoms with Gasteiger partial charge in [0.15, 0.2) is 0 Å². The Balaban J connectivity index is 0.000000260. The molecule has 0 unspecified atom stereocenters. The van der Waals surface area contributed by atoms with Crippen LogP contribution in [0.15, 0.2) is 24.8 Å². The highest BCUT2D eigenvalue weighted by Gasteiger charge is 2.18. The standard InChI is InChI=1S/C10H16N2O.C9H13N3O/c1-7(2)8-5-9(10(3,4)13)12-6-11-8;1-6(2)8-4-9(11-5-10-8)12-7(3)13/h5-7,13H,1-4H3;4-6H,1-3H3,(H,10,11,12,13). The first kappa shape index (κ1) is 21.6. The highest BCUT2D eigenvalue weighted by molar-refractivity contribution is 5.87. The Morgan fingerprint density at radius 3 is 1.92 bits per heavy atom. The molecule has 2 heterocycles. The summed E-state index contributed by atoms with van der Waals surface area (Å²) in [6, 6.07) is 3.64. The molecule has 142 valence electrons. The van der Waals surface area contributed by atoms with E-state index in [0.29, 0.717) is 23.3 Å². The number of nitrogens with zero attached hydrogens (tertiary/aromatic N) is 4. The first-order valence-corrected chi connectivity index (χ1v) is 8.65. The first-order chi connectivity index (χ1) is 12.0. The highest BCUT2D eigenvalue weighted by atomic mass is 16.3. The summed E-state index contributed by atoms with van der Waals surface area (Å²) in [6.45, 7) is 13.1. The summed E-state index contributed by atoms with van der Waals surface area (Å²) in [5.74, 6) is 1.15. The lowest BCUT2D eigenvalue weighted by Crippen LogP contribution is -2.18. The number of carbonyl (C=O) groups excluding carboxylic acids is 1. The van der Waals surface area contributed by atoms with E-state index in [2.05, 4.69) is 39.1 Å². The third-order valence-corrected chi connectivity index (χ3v) is 3.49. The molecule has 2 rings (SSSR count). The minimum Gasteiger partial charge on any atom is -0.384 e. The van der Waals surface area contributed by atoms with Gasteiger partial charge in [0.2, 0.25) is 5.91 Å². The molecule has 2 aromatic heterocycles. The Bertz CT molecular complexity index is 724. The van der Waals surface area contributed by atoms with Crippen LogP contribution in [0.4, 0.5) is 5.82 Å². The summed E-state index contributed by atoms with van der Waals surface area (Å²) in [6.07, 6.45) is 2.96. The van der Waals surface area contributed by atoms with E-state index in [1.54, 1.807) is 19.9 Å². The Morgan fingerprint density at radius 2 is 1.46 bits per heavy atom. The van der Waals surface area contributed by atoms with Crippen molar-refractivity contribution in [1.82, 2.24) is 19.9 Å². The van der Waals surface area contributed by atoms with Gasteiger partial charge in [-0.25, -0.2) is 19.9 Å². The van der Waals surface area contributed by atoms with Gasteiger partial charge in [-0.1, -0.05) is 27.7 Å². The van der Waals surface area contributed by atoms with Crippen molar-refractivity contribution < 1.29 is 9.90 Å². The number of rotatable bonds is 4. The lowest BCUT2D eigenvalue weighted by atomic mass is 10.0. The van der Waals surface area contributed by atoms with Crippen LogP contribution in [0.25, 0.3) is 0 Å². The third kappa shape index (κ3) is 7.23. The van der Waals surface area contributed by atoms with Gasteiger partial charge in [0.1, 0.15) is 24.1 Å². The molecular formula is C19H29N5O2. The average Bonchev–Trinajstić information content (AvgIpc) is 2.54. The van der Waals surface area contributed by atoms with E-state index >= 15 is 0 Å². The van der Waals surface area contributed by atoms with Crippen LogP contribution < -0.4 is 5.32 Å². The SMILES string of the molecule is CC(=O)Nc1cc(C(C)C)ncn1.CC(C)c1cc(C(C)(C)O)ncn1. The summed E-state index contributed by atoms with van der Waals surface area (Å²) < 4.78 is 0. The summed E-state index contributed by atoms with van der Waals surface area (Å²) in [5, 5.41) is 12.3. The fourth-order valence-corrected chi connectivity index (χ4v) is 1.96. The average molecular weight is 359 g/mol. The molecule has 0 aromatic carbocycles. The number of aromatic nitrogens is 4. The van der Waals surface area contributed by atoms with Crippen LogP contribution >= 0.6 is 0 Å². The van der Waals surface area contributed by atoms with E-state index in [1.165, 1.54) is 19.6 Å². The van der Waals surface area contributed by atoms with Gasteiger partial charge in [0.25, 0.3) is 0 Å². The number of anilines is 1. The summed E-state index contributed by atoms with van der Waals surface area (Å²) >= 11 is 0. The Kier molecular flexibility index (Phi) is 7.76. The van der Waals surface area contributed by atoms with Crippen LogP contribution in [0.1, 0.15) is 77.4 Å². The molecule has 7 nitrogen and oxygen atoms in total. The molecule has 2 aromatic rings. The van der Waals surface area contributed by atoms with Crippen molar-refractivity contribution in [2.24, 2.45) is 0 Å². The molecule has 1 amide bonds. The van der Waals surface area contributed by atoms with Gasteiger partial charge < -0.3 is 10.4 Å². The maximum Gasteiger partial charge on any atom is 0.222 e. The minimum atomic E-state index is -0.882. The zero-order valence-corrected chi connectivity index (χ0v) is 16.6. The molecule has 0 aliphatic rings. The predicted molar refractivity (Wildman–Crippen MR) is 102 cm³/mol. The Hall–Kier alpha value is -2.41. The van der Waals surface area contributed by atoms with Crippen molar-refractivity contribution in [2.45, 2.75) is 65.9 Å². The molecule has 0 bridgehead atoms. The minimum absolute atomic E-state index is 0.117. The van der Waals surface area contributed by atoms with Crippen LogP contribution in [0.5, 0.6) is 0 Å². The van der Waals surface area contributed by atoms with Crippen molar-refractivity contribution in [1.29, 1.82) is 0 Å². The molecule has 0 atom stereocenters. The number of hydrogen-bond acceptors (Lipinski definition) is 6. The normalized spacial score (nSPS) is 11.2. The van der Waals surface area contributed by atoms with E-state index in [4.69, 9.17) is 0 Å². The lowest BCUT2D eigenvalue weighted by molar-refractivity contribution is -0.114. The second-order valence-electron chi connectivity index (χ2n) is 7.21. The molecule has 0 aliphatic carbocycles. The Labute approximate surface area is 155 Å². The lowest BCUT2D eigenvalue weighted by Gasteiger charge is -2.17. The van der Waals surface area contributed by atoms with E-state index in [-0.39, 0.29) is 5.91 Å². The number of hydrogen-bond donors (Lipinski definition) is 2. The van der Waals surface area contributed by atoms with E-state index < -0.39 is 5.60 Å². The molecular weight excluding hydrogens is 330 g/mol. The monoisotopic (exact) mass is 359 g/mol. The Morgan fingerprint density at radius 1 is 0.962 bits per heavy atom. The van der Waals surface area contributed by atoms with Crippen LogP contribution in [-0.4, -0.2) is 30.9 Å². The van der Waals surface area contributed by atoms with Gasteiger partial charge in [0, 0.05) is 24.4 Å². The molecule has 0 spiro atoms. The topological polar surface area (TPSA) is 101 Å². The second kappa shape index (κ2) is 9.33. The van der Waals surface area contributed by atoms with Crippen LogP contribution in [0.2, 0.25) is 0 Å². The van der Waals surface area contributed by atoms with Gasteiger partial charge in [-0.3, -0.25) is 4.79 Å². The van der Waals surface area contributed by atoms with Crippen molar-refractivity contribution in [3.63, 3.8) is 0 Å². The molecule has 0 radical (unpaired) electrons. The molecule has 7 heteroatoms. The van der Waals surface area contributed by atoms with E-state index in [9.17, 15) is 9.90 Å². The van der Waals surface area contributed by atoms with Crippen molar-refractivity contribution >= 4 is 11.7 Å². The van der Waals surface area contributed by atoms with Gasteiger partial charge in [-0.15, -0.1) is 0 Å². The molecule has 0 fully saturated rings. The second-order valence-corrected chi connectivity index (χ2v) is 7.21. The summed E-state index contributed by atoms with van der Waals surface area (Å²) in [5.41, 5.74) is 1.68. The first-order valence-electron chi connectivity index (χ1n) is 8.65. The molecule has 2 N–H and O–H groups in total. The predicted octanol–water partition coefficient (Wildman–Crippen LogP) is 3.39. The van der Waals surface area contributed by atoms with Crippen LogP contribution in [0, 0.1) is 0 Å². The maximum atomic E-state index is 10.7. The largest absolute Gasteiger partial charge is 0.384 e. The molecule has 0 aliphatic heterocycles. The van der Waals surface area contributed by atoms with Gasteiger partial charge in [-0.2, -0.15) is 0 Å². The zero-order chi connectivity index (χ0) is 19.9. The van der Waals surface area contributed by atoms with Crippen molar-refractivity contribution in [3.05, 3.63) is 41.9 Å². The van der Waals surface area contributed by atoms with Gasteiger partial charge in [0.05, 0.1) is 5.69 Å². The number of nitrogens with one attached hydrogen (secondary N) is 1. The number of amides is 1. The molecule has 0 saturated heterocycles. The van der Waals surface area contributed by atoms with Gasteiger partial charge in [-0.05, 0) is 31.7 Å². The highest BCUT2D eigenvalue weighted by Crippen LogP contribution is 2.19. The molecule has 0 saturated carbocycles. The number of aliphatic hydroxyl groups is 1. The quantitative estimate of drug-likeness (QED) is 0.868. The smallest absolute Gasteiger partial charge is 0.222 e. The van der Waals surface area contributed by atoms with E-state index in [1.807, 2.05) is 19.9 Å². The molecule has 26 heavy (non-hydrogen) atoms. The van der Waals surface area contributed by atoms with Gasteiger partial charge >= 0.3 is 0 Å². The number of carbonyl (C=O) groups is 1.